The molecule has 134 valence electrons. The summed E-state index contributed by atoms with van der Waals surface area (Å²) in [7, 11) is -1.06. The van der Waals surface area contributed by atoms with Crippen LogP contribution in [0.2, 0.25) is 10.0 Å². The summed E-state index contributed by atoms with van der Waals surface area (Å²) in [5.74, 6) is -1.72. The number of halogens is 2. The Bertz CT molecular complexity index is 728. The summed E-state index contributed by atoms with van der Waals surface area (Å²) < 4.78 is 31.4. The van der Waals surface area contributed by atoms with Gasteiger partial charge in [-0.2, -0.15) is 4.72 Å². The lowest BCUT2D eigenvalue weighted by atomic mass is 10.3. The van der Waals surface area contributed by atoms with Crippen molar-refractivity contribution in [2.75, 3.05) is 20.7 Å². The van der Waals surface area contributed by atoms with E-state index in [-0.39, 0.29) is 33.2 Å². The fraction of sp³-hybridized carbons (Fsp3) is 0.385. The van der Waals surface area contributed by atoms with Gasteiger partial charge in [-0.15, -0.1) is 0 Å². The van der Waals surface area contributed by atoms with Crippen molar-refractivity contribution in [1.29, 1.82) is 0 Å². The second-order valence-corrected chi connectivity index (χ2v) is 7.50. The van der Waals surface area contributed by atoms with E-state index in [4.69, 9.17) is 33.0 Å². The van der Waals surface area contributed by atoms with Crippen molar-refractivity contribution in [3.63, 3.8) is 0 Å². The van der Waals surface area contributed by atoms with Gasteiger partial charge in [-0.1, -0.05) is 23.2 Å². The summed E-state index contributed by atoms with van der Waals surface area (Å²) in [6.45, 7) is 0.847. The fourth-order valence-corrected chi connectivity index (χ4v) is 3.42. The first kappa shape index (κ1) is 20.5. The molecule has 0 heterocycles. The molecule has 1 rings (SSSR count). The van der Waals surface area contributed by atoms with Gasteiger partial charge in [-0.25, -0.2) is 8.42 Å². The SMILES string of the molecule is C[C@@H](NS(=O)(=O)c1cc(Cl)c(OCC(=O)N(C)C)c(Cl)c1)C(=O)O. The van der Waals surface area contributed by atoms with Gasteiger partial charge < -0.3 is 14.7 Å². The number of carbonyl (C=O) groups excluding carboxylic acids is 1. The van der Waals surface area contributed by atoms with Crippen LogP contribution in [-0.4, -0.2) is 57.0 Å². The van der Waals surface area contributed by atoms with Gasteiger partial charge in [0.1, 0.15) is 6.04 Å². The minimum Gasteiger partial charge on any atom is -0.481 e. The normalized spacial score (nSPS) is 12.5. The average molecular weight is 399 g/mol. The van der Waals surface area contributed by atoms with E-state index >= 15 is 0 Å². The zero-order chi connectivity index (χ0) is 18.7. The zero-order valence-electron chi connectivity index (χ0n) is 13.0. The maximum Gasteiger partial charge on any atom is 0.321 e. The van der Waals surface area contributed by atoms with E-state index in [1.807, 2.05) is 4.72 Å². The van der Waals surface area contributed by atoms with Crippen LogP contribution >= 0.6 is 23.2 Å². The third-order valence-electron chi connectivity index (χ3n) is 2.82. The standard InChI is InChI=1S/C13H16Cl2N2O6S/c1-7(13(19)20)16-24(21,22)8-4-9(14)12(10(15)5-8)23-6-11(18)17(2)3/h4-5,7,16H,6H2,1-3H3,(H,19,20)/t7-/m1/s1. The lowest BCUT2D eigenvalue weighted by Gasteiger charge is -2.15. The molecular weight excluding hydrogens is 383 g/mol. The Kier molecular flexibility index (Phi) is 6.85. The van der Waals surface area contributed by atoms with E-state index in [9.17, 15) is 18.0 Å². The van der Waals surface area contributed by atoms with Crippen molar-refractivity contribution in [3.8, 4) is 5.75 Å². The van der Waals surface area contributed by atoms with E-state index in [0.29, 0.717) is 0 Å². The molecule has 0 aliphatic rings. The van der Waals surface area contributed by atoms with Crippen molar-refractivity contribution < 1.29 is 27.9 Å². The Morgan fingerprint density at radius 3 is 2.21 bits per heavy atom. The molecule has 1 aromatic carbocycles. The van der Waals surface area contributed by atoms with Crippen LogP contribution in [0.15, 0.2) is 17.0 Å². The molecule has 0 aromatic heterocycles. The van der Waals surface area contributed by atoms with E-state index in [0.717, 1.165) is 12.1 Å². The molecule has 1 atom stereocenters. The molecule has 1 aromatic rings. The zero-order valence-corrected chi connectivity index (χ0v) is 15.4. The Hall–Kier alpha value is -1.55. The maximum atomic E-state index is 12.1. The third-order valence-corrected chi connectivity index (χ3v) is 4.90. The van der Waals surface area contributed by atoms with Gasteiger partial charge in [0.25, 0.3) is 5.91 Å². The summed E-state index contributed by atoms with van der Waals surface area (Å²) >= 11 is 11.9. The second-order valence-electron chi connectivity index (χ2n) is 4.97. The molecule has 0 aliphatic carbocycles. The monoisotopic (exact) mass is 398 g/mol. The van der Waals surface area contributed by atoms with Crippen LogP contribution < -0.4 is 9.46 Å². The van der Waals surface area contributed by atoms with Crippen LogP contribution in [0.25, 0.3) is 0 Å². The number of sulfonamides is 1. The Morgan fingerprint density at radius 2 is 1.79 bits per heavy atom. The van der Waals surface area contributed by atoms with Crippen LogP contribution in [0.1, 0.15) is 6.92 Å². The summed E-state index contributed by atoms with van der Waals surface area (Å²) in [6.07, 6.45) is 0. The molecule has 0 saturated carbocycles. The van der Waals surface area contributed by atoms with Crippen molar-refractivity contribution in [2.24, 2.45) is 0 Å². The largest absolute Gasteiger partial charge is 0.481 e. The molecule has 11 heteroatoms. The fourth-order valence-electron chi connectivity index (χ4n) is 1.44. The number of rotatable bonds is 7. The molecule has 0 aliphatic heterocycles. The van der Waals surface area contributed by atoms with Crippen LogP contribution in [-0.2, 0) is 19.6 Å². The van der Waals surface area contributed by atoms with Crippen molar-refractivity contribution in [3.05, 3.63) is 22.2 Å². The highest BCUT2D eigenvalue weighted by molar-refractivity contribution is 7.89. The first-order chi connectivity index (χ1) is 11.0. The molecule has 2 N–H and O–H groups in total. The van der Waals surface area contributed by atoms with Crippen LogP contribution in [0.4, 0.5) is 0 Å². The molecular formula is C13H16Cl2N2O6S. The molecule has 1 amide bonds. The van der Waals surface area contributed by atoms with Crippen LogP contribution in [0.5, 0.6) is 5.75 Å². The van der Waals surface area contributed by atoms with E-state index < -0.39 is 22.0 Å². The minimum absolute atomic E-state index is 0.0428. The number of hydrogen-bond acceptors (Lipinski definition) is 5. The number of nitrogens with one attached hydrogen (secondary N) is 1. The number of ether oxygens (including phenoxy) is 1. The summed E-state index contributed by atoms with van der Waals surface area (Å²) in [5, 5.41) is 8.52. The van der Waals surface area contributed by atoms with Gasteiger partial charge in [-0.05, 0) is 19.1 Å². The molecule has 8 nitrogen and oxygen atoms in total. The average Bonchev–Trinajstić information content (AvgIpc) is 2.45. The number of nitrogens with zero attached hydrogens (tertiary/aromatic N) is 1. The smallest absolute Gasteiger partial charge is 0.321 e. The molecule has 0 saturated heterocycles. The molecule has 24 heavy (non-hydrogen) atoms. The highest BCUT2D eigenvalue weighted by atomic mass is 35.5. The van der Waals surface area contributed by atoms with Gasteiger partial charge in [0, 0.05) is 14.1 Å². The predicted octanol–water partition coefficient (Wildman–Crippen LogP) is 1.21. The van der Waals surface area contributed by atoms with E-state index in [1.54, 1.807) is 14.1 Å². The second kappa shape index (κ2) is 8.02. The highest BCUT2D eigenvalue weighted by Crippen LogP contribution is 2.35. The van der Waals surface area contributed by atoms with Crippen molar-refractivity contribution >= 4 is 45.1 Å². The highest BCUT2D eigenvalue weighted by Gasteiger charge is 2.24. The van der Waals surface area contributed by atoms with Crippen molar-refractivity contribution in [2.45, 2.75) is 17.9 Å². The Labute approximate surface area is 149 Å². The number of carboxylic acids is 1. The number of carbonyl (C=O) groups is 2. The Morgan fingerprint density at radius 1 is 1.29 bits per heavy atom. The number of amides is 1. The third kappa shape index (κ3) is 5.23. The molecule has 0 spiro atoms. The number of carboxylic acid groups (broad SMARTS) is 1. The lowest BCUT2D eigenvalue weighted by Crippen LogP contribution is -2.38. The summed E-state index contributed by atoms with van der Waals surface area (Å²) in [5.41, 5.74) is 0. The quantitative estimate of drug-likeness (QED) is 0.713. The first-order valence-electron chi connectivity index (χ1n) is 6.53. The summed E-state index contributed by atoms with van der Waals surface area (Å²) in [4.78, 5) is 23.2. The molecule has 0 unspecified atom stereocenters. The minimum atomic E-state index is -4.14. The van der Waals surface area contributed by atoms with Gasteiger partial charge in [0.15, 0.2) is 12.4 Å². The number of hydrogen-bond donors (Lipinski definition) is 2. The Balaban J connectivity index is 3.06. The number of benzene rings is 1. The van der Waals surface area contributed by atoms with E-state index in [1.165, 1.54) is 11.8 Å². The predicted molar refractivity (Wildman–Crippen MR) is 88.1 cm³/mol. The van der Waals surface area contributed by atoms with Crippen LogP contribution in [0, 0.1) is 0 Å². The number of aliphatic carboxylic acids is 1. The van der Waals surface area contributed by atoms with Gasteiger partial charge in [0.2, 0.25) is 10.0 Å². The molecule has 0 bridgehead atoms. The summed E-state index contributed by atoms with van der Waals surface area (Å²) in [6, 6.07) is 0.779. The molecule has 0 radical (unpaired) electrons. The van der Waals surface area contributed by atoms with Crippen molar-refractivity contribution in [1.82, 2.24) is 9.62 Å². The maximum absolute atomic E-state index is 12.1. The lowest BCUT2D eigenvalue weighted by molar-refractivity contribution is -0.138. The molecule has 0 fully saturated rings. The topological polar surface area (TPSA) is 113 Å². The van der Waals surface area contributed by atoms with Gasteiger partial charge in [0.05, 0.1) is 14.9 Å². The first-order valence-corrected chi connectivity index (χ1v) is 8.76. The van der Waals surface area contributed by atoms with Gasteiger partial charge in [-0.3, -0.25) is 9.59 Å². The van der Waals surface area contributed by atoms with Crippen LogP contribution in [0.3, 0.4) is 0 Å². The van der Waals surface area contributed by atoms with Gasteiger partial charge >= 0.3 is 5.97 Å². The van der Waals surface area contributed by atoms with E-state index in [2.05, 4.69) is 0 Å². The number of likely N-dealkylation sites (N-methyl/N-ethyl adjacent to an activating group) is 1.